The molecule has 1 saturated carbocycles. The van der Waals surface area contributed by atoms with Crippen LogP contribution >= 0.6 is 11.8 Å². The number of hydrogen-bond donors (Lipinski definition) is 2. The number of carboxylic acid groups (broad SMARTS) is 1. The van der Waals surface area contributed by atoms with Crippen molar-refractivity contribution in [2.45, 2.75) is 49.8 Å². The number of nitrogens with two attached hydrogens (primary N) is 1. The van der Waals surface area contributed by atoms with Crippen molar-refractivity contribution in [1.82, 2.24) is 0 Å². The number of rotatable bonds is 4. The summed E-state index contributed by atoms with van der Waals surface area (Å²) in [6.07, 6.45) is 7.72. The quantitative estimate of drug-likeness (QED) is 0.705. The fraction of sp³-hybridized carbons (Fsp3) is 0.900. The SMILES string of the molecule is N[C@@H](CSC1CCCCCC1)C(=O)O. The second-order valence-corrected chi connectivity index (χ2v) is 5.22. The average Bonchev–Trinajstić information content (AvgIpc) is 2.42. The van der Waals surface area contributed by atoms with E-state index in [2.05, 4.69) is 0 Å². The molecule has 1 aliphatic carbocycles. The lowest BCUT2D eigenvalue weighted by Gasteiger charge is -2.14. The first-order valence-corrected chi connectivity index (χ1v) is 6.35. The van der Waals surface area contributed by atoms with Crippen LogP contribution < -0.4 is 5.73 Å². The highest BCUT2D eigenvalue weighted by Gasteiger charge is 2.17. The van der Waals surface area contributed by atoms with Gasteiger partial charge in [-0.3, -0.25) is 4.79 Å². The largest absolute Gasteiger partial charge is 0.480 e. The maximum Gasteiger partial charge on any atom is 0.321 e. The number of carboxylic acids is 1. The molecule has 0 bridgehead atoms. The third-order valence-corrected chi connectivity index (χ3v) is 4.13. The molecule has 1 atom stereocenters. The molecule has 3 N–H and O–H groups in total. The van der Waals surface area contributed by atoms with Gasteiger partial charge in [-0.15, -0.1) is 0 Å². The number of carbonyl (C=O) groups is 1. The molecule has 0 amide bonds. The van der Waals surface area contributed by atoms with E-state index in [1.165, 1.54) is 38.5 Å². The molecule has 1 rings (SSSR count). The maximum absolute atomic E-state index is 10.5. The van der Waals surface area contributed by atoms with E-state index in [0.717, 1.165) is 0 Å². The fourth-order valence-electron chi connectivity index (χ4n) is 1.72. The molecule has 4 heteroatoms. The Bertz CT molecular complexity index is 179. The monoisotopic (exact) mass is 217 g/mol. The van der Waals surface area contributed by atoms with Crippen molar-refractivity contribution < 1.29 is 9.90 Å². The molecule has 0 aromatic rings. The third kappa shape index (κ3) is 4.33. The van der Waals surface area contributed by atoms with Crippen LogP contribution in [-0.4, -0.2) is 28.1 Å². The Hall–Kier alpha value is -0.220. The highest BCUT2D eigenvalue weighted by molar-refractivity contribution is 7.99. The Morgan fingerprint density at radius 1 is 1.36 bits per heavy atom. The van der Waals surface area contributed by atoms with E-state index >= 15 is 0 Å². The zero-order chi connectivity index (χ0) is 10.4. The van der Waals surface area contributed by atoms with Crippen LogP contribution in [0.3, 0.4) is 0 Å². The van der Waals surface area contributed by atoms with Gasteiger partial charge in [0.05, 0.1) is 0 Å². The molecule has 1 fully saturated rings. The van der Waals surface area contributed by atoms with Crippen molar-refractivity contribution in [3.05, 3.63) is 0 Å². The Balaban J connectivity index is 2.18. The summed E-state index contributed by atoms with van der Waals surface area (Å²) < 4.78 is 0. The number of hydrogen-bond acceptors (Lipinski definition) is 3. The Kier molecular flexibility index (Phi) is 5.33. The predicted molar refractivity (Wildman–Crippen MR) is 59.6 cm³/mol. The van der Waals surface area contributed by atoms with E-state index in [1.807, 2.05) is 0 Å². The molecular formula is C10H19NO2S. The van der Waals surface area contributed by atoms with E-state index in [1.54, 1.807) is 11.8 Å². The molecule has 0 aliphatic heterocycles. The Morgan fingerprint density at radius 2 is 1.93 bits per heavy atom. The molecule has 82 valence electrons. The zero-order valence-electron chi connectivity index (χ0n) is 8.45. The summed E-state index contributed by atoms with van der Waals surface area (Å²) in [6, 6.07) is -0.691. The van der Waals surface area contributed by atoms with E-state index in [9.17, 15) is 4.79 Å². The van der Waals surface area contributed by atoms with Crippen molar-refractivity contribution in [3.63, 3.8) is 0 Å². The summed E-state index contributed by atoms with van der Waals surface area (Å²) in [6.45, 7) is 0. The fourth-order valence-corrected chi connectivity index (χ4v) is 3.01. The van der Waals surface area contributed by atoms with Gasteiger partial charge in [0.15, 0.2) is 0 Å². The Morgan fingerprint density at radius 3 is 2.43 bits per heavy atom. The summed E-state index contributed by atoms with van der Waals surface area (Å²) in [5.74, 6) is -0.328. The molecule has 3 nitrogen and oxygen atoms in total. The molecular weight excluding hydrogens is 198 g/mol. The topological polar surface area (TPSA) is 63.3 Å². The molecule has 0 unspecified atom stereocenters. The van der Waals surface area contributed by atoms with Crippen LogP contribution in [0.15, 0.2) is 0 Å². The van der Waals surface area contributed by atoms with Gasteiger partial charge < -0.3 is 10.8 Å². The van der Waals surface area contributed by atoms with Crippen LogP contribution in [-0.2, 0) is 4.79 Å². The number of aliphatic carboxylic acids is 1. The van der Waals surface area contributed by atoms with Gasteiger partial charge >= 0.3 is 5.97 Å². The minimum Gasteiger partial charge on any atom is -0.480 e. The zero-order valence-corrected chi connectivity index (χ0v) is 9.26. The third-order valence-electron chi connectivity index (χ3n) is 2.63. The van der Waals surface area contributed by atoms with E-state index in [4.69, 9.17) is 10.8 Å². The highest BCUT2D eigenvalue weighted by atomic mass is 32.2. The van der Waals surface area contributed by atoms with Crippen molar-refractivity contribution in [3.8, 4) is 0 Å². The first-order chi connectivity index (χ1) is 6.70. The summed E-state index contributed by atoms with van der Waals surface area (Å²) in [4.78, 5) is 10.5. The van der Waals surface area contributed by atoms with Crippen LogP contribution in [0.2, 0.25) is 0 Å². The first kappa shape index (κ1) is 11.9. The molecule has 0 spiro atoms. The summed E-state index contributed by atoms with van der Waals surface area (Å²) >= 11 is 1.74. The minimum atomic E-state index is -0.883. The van der Waals surface area contributed by atoms with Crippen molar-refractivity contribution >= 4 is 17.7 Å². The molecule has 0 radical (unpaired) electrons. The minimum absolute atomic E-state index is 0.556. The lowest BCUT2D eigenvalue weighted by molar-refractivity contribution is -0.137. The lowest BCUT2D eigenvalue weighted by Crippen LogP contribution is -2.33. The predicted octanol–water partition coefficient (Wildman–Crippen LogP) is 1.85. The second-order valence-electron chi connectivity index (χ2n) is 3.89. The average molecular weight is 217 g/mol. The van der Waals surface area contributed by atoms with Crippen molar-refractivity contribution in [1.29, 1.82) is 0 Å². The van der Waals surface area contributed by atoms with Gasteiger partial charge in [-0.1, -0.05) is 25.7 Å². The highest BCUT2D eigenvalue weighted by Crippen LogP contribution is 2.27. The van der Waals surface area contributed by atoms with Gasteiger partial charge in [-0.25, -0.2) is 0 Å². The van der Waals surface area contributed by atoms with Gasteiger partial charge in [0.1, 0.15) is 6.04 Å². The summed E-state index contributed by atoms with van der Waals surface area (Å²) in [5.41, 5.74) is 5.45. The van der Waals surface area contributed by atoms with Crippen molar-refractivity contribution in [2.75, 3.05) is 5.75 Å². The molecule has 0 saturated heterocycles. The molecule has 0 aromatic heterocycles. The maximum atomic E-state index is 10.5. The molecule has 14 heavy (non-hydrogen) atoms. The summed E-state index contributed by atoms with van der Waals surface area (Å²) in [7, 11) is 0. The van der Waals surface area contributed by atoms with Crippen LogP contribution in [0.4, 0.5) is 0 Å². The van der Waals surface area contributed by atoms with E-state index in [0.29, 0.717) is 11.0 Å². The van der Waals surface area contributed by atoms with Crippen LogP contribution in [0.1, 0.15) is 38.5 Å². The summed E-state index contributed by atoms with van der Waals surface area (Å²) in [5, 5.41) is 9.27. The smallest absolute Gasteiger partial charge is 0.321 e. The Labute approximate surface area is 89.4 Å². The van der Waals surface area contributed by atoms with Gasteiger partial charge in [-0.2, -0.15) is 11.8 Å². The van der Waals surface area contributed by atoms with Crippen LogP contribution in [0.5, 0.6) is 0 Å². The normalized spacial score (nSPS) is 21.5. The van der Waals surface area contributed by atoms with Gasteiger partial charge in [-0.05, 0) is 12.8 Å². The molecule has 1 aliphatic rings. The lowest BCUT2D eigenvalue weighted by atomic mass is 10.2. The van der Waals surface area contributed by atoms with Gasteiger partial charge in [0.2, 0.25) is 0 Å². The van der Waals surface area contributed by atoms with E-state index < -0.39 is 12.0 Å². The van der Waals surface area contributed by atoms with Crippen molar-refractivity contribution in [2.24, 2.45) is 5.73 Å². The molecule has 0 aromatic carbocycles. The number of thioether (sulfide) groups is 1. The second kappa shape index (κ2) is 6.30. The van der Waals surface area contributed by atoms with Crippen LogP contribution in [0, 0.1) is 0 Å². The van der Waals surface area contributed by atoms with Gasteiger partial charge in [0.25, 0.3) is 0 Å². The van der Waals surface area contributed by atoms with Gasteiger partial charge in [0, 0.05) is 11.0 Å². The standard InChI is InChI=1S/C10H19NO2S/c11-9(10(12)13)7-14-8-5-3-1-2-4-6-8/h8-9H,1-7,11H2,(H,12,13)/t9-/m0/s1. The first-order valence-electron chi connectivity index (χ1n) is 5.30. The van der Waals surface area contributed by atoms with Crippen LogP contribution in [0.25, 0.3) is 0 Å². The molecule has 0 heterocycles. The van der Waals surface area contributed by atoms with E-state index in [-0.39, 0.29) is 0 Å².